The number of allylic oxidation sites excluding steroid dienone is 2. The summed E-state index contributed by atoms with van der Waals surface area (Å²) in [6.07, 6.45) is 15.2. The first-order valence-electron chi connectivity index (χ1n) is 9.44. The highest BCUT2D eigenvalue weighted by Crippen LogP contribution is 2.69. The van der Waals surface area contributed by atoms with E-state index in [4.69, 9.17) is 0 Å². The van der Waals surface area contributed by atoms with Gasteiger partial charge in [-0.2, -0.15) is 0 Å². The Morgan fingerprint density at radius 3 is 2.59 bits per heavy atom. The molecular formula is C20H28O2. The molecule has 4 bridgehead atoms. The number of carboxylic acids is 1. The number of hydrogen-bond donors (Lipinski definition) is 1. The van der Waals surface area contributed by atoms with E-state index in [1.165, 1.54) is 38.5 Å². The number of carbonyl (C=O) groups is 1. The highest BCUT2D eigenvalue weighted by Gasteiger charge is 2.61. The predicted octanol–water partition coefficient (Wildman–Crippen LogP) is 4.51. The van der Waals surface area contributed by atoms with Gasteiger partial charge in [-0.05, 0) is 99.2 Å². The average Bonchev–Trinajstić information content (AvgIpc) is 3.26. The first kappa shape index (κ1) is 13.6. The Morgan fingerprint density at radius 2 is 1.95 bits per heavy atom. The Balaban J connectivity index is 1.43. The van der Waals surface area contributed by atoms with Crippen LogP contribution in [0.25, 0.3) is 0 Å². The molecule has 1 N–H and O–H groups in total. The lowest BCUT2D eigenvalue weighted by molar-refractivity contribution is -0.153. The molecule has 4 saturated carbocycles. The van der Waals surface area contributed by atoms with Gasteiger partial charge in [0.05, 0.1) is 5.41 Å². The zero-order valence-electron chi connectivity index (χ0n) is 13.6. The largest absolute Gasteiger partial charge is 0.481 e. The third-order valence-electron chi connectivity index (χ3n) is 8.65. The van der Waals surface area contributed by atoms with Crippen LogP contribution in [0.15, 0.2) is 12.2 Å². The van der Waals surface area contributed by atoms with Crippen LogP contribution in [-0.4, -0.2) is 11.1 Å². The van der Waals surface area contributed by atoms with Crippen molar-refractivity contribution in [1.82, 2.24) is 0 Å². The minimum absolute atomic E-state index is 0.447. The minimum atomic E-state index is -0.551. The second-order valence-corrected chi connectivity index (χ2v) is 9.53. The van der Waals surface area contributed by atoms with Crippen molar-refractivity contribution in [2.45, 2.75) is 58.3 Å². The molecule has 5 rings (SSSR count). The molecular weight excluding hydrogens is 272 g/mol. The first-order valence-corrected chi connectivity index (χ1v) is 9.44. The highest BCUT2D eigenvalue weighted by atomic mass is 16.4. The van der Waals surface area contributed by atoms with Crippen LogP contribution in [0.2, 0.25) is 0 Å². The van der Waals surface area contributed by atoms with Gasteiger partial charge in [-0.15, -0.1) is 0 Å². The normalized spacial score (nSPS) is 58.2. The summed E-state index contributed by atoms with van der Waals surface area (Å²) in [6, 6.07) is 0. The molecule has 120 valence electrons. The van der Waals surface area contributed by atoms with E-state index in [0.717, 1.165) is 42.4 Å². The topological polar surface area (TPSA) is 37.3 Å². The highest BCUT2D eigenvalue weighted by molar-refractivity contribution is 5.74. The fourth-order valence-corrected chi connectivity index (χ4v) is 7.57. The number of carboxylic acid groups (broad SMARTS) is 1. The van der Waals surface area contributed by atoms with Gasteiger partial charge in [-0.3, -0.25) is 4.79 Å². The molecule has 22 heavy (non-hydrogen) atoms. The van der Waals surface area contributed by atoms with E-state index in [1.54, 1.807) is 0 Å². The van der Waals surface area contributed by atoms with Gasteiger partial charge in [-0.25, -0.2) is 0 Å². The molecule has 0 saturated heterocycles. The number of aliphatic carboxylic acids is 1. The molecule has 0 aromatic carbocycles. The van der Waals surface area contributed by atoms with Crippen LogP contribution in [0, 0.1) is 46.3 Å². The van der Waals surface area contributed by atoms with E-state index in [0.29, 0.717) is 11.3 Å². The van der Waals surface area contributed by atoms with Crippen molar-refractivity contribution >= 4 is 5.97 Å². The van der Waals surface area contributed by atoms with E-state index in [2.05, 4.69) is 12.2 Å². The molecule has 5 aliphatic rings. The van der Waals surface area contributed by atoms with Gasteiger partial charge in [-0.1, -0.05) is 12.2 Å². The molecule has 0 heterocycles. The molecule has 2 nitrogen and oxygen atoms in total. The summed E-state index contributed by atoms with van der Waals surface area (Å²) in [4.78, 5) is 11.7. The molecule has 0 aromatic heterocycles. The number of fused-ring (bicyclic) bond motifs is 7. The van der Waals surface area contributed by atoms with E-state index in [9.17, 15) is 9.90 Å². The van der Waals surface area contributed by atoms with Crippen LogP contribution in [0.4, 0.5) is 0 Å². The fourth-order valence-electron chi connectivity index (χ4n) is 7.57. The summed E-state index contributed by atoms with van der Waals surface area (Å²) in [5.41, 5.74) is 0.0731. The van der Waals surface area contributed by atoms with Crippen molar-refractivity contribution < 1.29 is 9.90 Å². The van der Waals surface area contributed by atoms with E-state index in [1.807, 2.05) is 6.92 Å². The van der Waals surface area contributed by atoms with Crippen molar-refractivity contribution in [2.75, 3.05) is 0 Å². The standard InChI is InChI=1S/C20H28O2/c1-19(18(21)22)5-4-14-13-8-15(16(14)11-19)17(9-13)20-6-2-12(10-20)3-7-20/h2,6,12-17H,3-5,7-11H2,1H3,(H,21,22). The van der Waals surface area contributed by atoms with Crippen LogP contribution < -0.4 is 0 Å². The maximum Gasteiger partial charge on any atom is 0.309 e. The van der Waals surface area contributed by atoms with Gasteiger partial charge >= 0.3 is 5.97 Å². The van der Waals surface area contributed by atoms with Crippen molar-refractivity contribution in [3.63, 3.8) is 0 Å². The second-order valence-electron chi connectivity index (χ2n) is 9.53. The minimum Gasteiger partial charge on any atom is -0.481 e. The SMILES string of the molecule is CC1(C(=O)O)CCC2C3CC(C2C1)C(C12C=CC(CC1)C2)C3. The van der Waals surface area contributed by atoms with Gasteiger partial charge in [0.25, 0.3) is 0 Å². The van der Waals surface area contributed by atoms with Crippen LogP contribution in [-0.2, 0) is 4.79 Å². The second kappa shape index (κ2) is 4.19. The average molecular weight is 300 g/mol. The Bertz CT molecular complexity index is 552. The number of hydrogen-bond acceptors (Lipinski definition) is 1. The molecule has 2 heteroatoms. The molecule has 0 amide bonds. The Kier molecular flexibility index (Phi) is 2.59. The Labute approximate surface area is 133 Å². The van der Waals surface area contributed by atoms with Gasteiger partial charge in [0.15, 0.2) is 0 Å². The van der Waals surface area contributed by atoms with Gasteiger partial charge in [0.2, 0.25) is 0 Å². The van der Waals surface area contributed by atoms with Crippen LogP contribution in [0.5, 0.6) is 0 Å². The lowest BCUT2D eigenvalue weighted by Gasteiger charge is -2.48. The first-order chi connectivity index (χ1) is 10.5. The number of rotatable bonds is 2. The Morgan fingerprint density at radius 1 is 1.09 bits per heavy atom. The van der Waals surface area contributed by atoms with Crippen molar-refractivity contribution in [3.8, 4) is 0 Å². The smallest absolute Gasteiger partial charge is 0.309 e. The zero-order chi connectivity index (χ0) is 15.1. The summed E-state index contributed by atoms with van der Waals surface area (Å²) in [6.45, 7) is 2.01. The monoisotopic (exact) mass is 300 g/mol. The third kappa shape index (κ3) is 1.59. The summed E-state index contributed by atoms with van der Waals surface area (Å²) in [5.74, 6) is 4.50. The Hall–Kier alpha value is -0.790. The molecule has 8 unspecified atom stereocenters. The van der Waals surface area contributed by atoms with E-state index >= 15 is 0 Å². The molecule has 0 radical (unpaired) electrons. The van der Waals surface area contributed by atoms with Crippen molar-refractivity contribution in [3.05, 3.63) is 12.2 Å². The van der Waals surface area contributed by atoms with E-state index < -0.39 is 11.4 Å². The maximum absolute atomic E-state index is 11.7. The van der Waals surface area contributed by atoms with E-state index in [-0.39, 0.29) is 0 Å². The molecule has 5 aliphatic carbocycles. The molecule has 0 spiro atoms. The predicted molar refractivity (Wildman–Crippen MR) is 85.2 cm³/mol. The molecule has 8 atom stereocenters. The maximum atomic E-state index is 11.7. The van der Waals surface area contributed by atoms with Gasteiger partial charge in [0.1, 0.15) is 0 Å². The summed E-state index contributed by atoms with van der Waals surface area (Å²) in [5, 5.41) is 9.66. The van der Waals surface area contributed by atoms with Crippen LogP contribution in [0.3, 0.4) is 0 Å². The molecule has 0 aromatic rings. The third-order valence-corrected chi connectivity index (χ3v) is 8.65. The van der Waals surface area contributed by atoms with Crippen molar-refractivity contribution in [2.24, 2.45) is 46.3 Å². The van der Waals surface area contributed by atoms with Crippen molar-refractivity contribution in [1.29, 1.82) is 0 Å². The van der Waals surface area contributed by atoms with Crippen LogP contribution in [0.1, 0.15) is 58.3 Å². The zero-order valence-corrected chi connectivity index (χ0v) is 13.6. The van der Waals surface area contributed by atoms with Gasteiger partial charge < -0.3 is 5.11 Å². The lowest BCUT2D eigenvalue weighted by atomic mass is 9.56. The summed E-state index contributed by atoms with van der Waals surface area (Å²) >= 11 is 0. The quantitative estimate of drug-likeness (QED) is 0.762. The lowest BCUT2D eigenvalue weighted by Crippen LogP contribution is -2.44. The molecule has 0 aliphatic heterocycles. The fraction of sp³-hybridized carbons (Fsp3) is 0.850. The van der Waals surface area contributed by atoms with Gasteiger partial charge in [0, 0.05) is 0 Å². The van der Waals surface area contributed by atoms with Crippen LogP contribution >= 0.6 is 0 Å². The summed E-state index contributed by atoms with van der Waals surface area (Å²) in [7, 11) is 0. The molecule has 4 fully saturated rings. The summed E-state index contributed by atoms with van der Waals surface area (Å²) < 4.78 is 0.